The first-order valence-electron chi connectivity index (χ1n) is 4.94. The molecule has 0 aromatic carbocycles. The van der Waals surface area contributed by atoms with Crippen molar-refractivity contribution in [3.8, 4) is 0 Å². The van der Waals surface area contributed by atoms with Crippen molar-refractivity contribution in [2.75, 3.05) is 20.6 Å². The summed E-state index contributed by atoms with van der Waals surface area (Å²) in [6.07, 6.45) is 2.10. The summed E-state index contributed by atoms with van der Waals surface area (Å²) >= 11 is 1.72. The number of ketones is 1. The fraction of sp³-hybridized carbons (Fsp3) is 0.545. The zero-order valence-corrected chi connectivity index (χ0v) is 10.7. The highest BCUT2D eigenvalue weighted by molar-refractivity contribution is 7.10. The normalized spacial score (nSPS) is 19.9. The third kappa shape index (κ3) is 2.60. The number of carbonyl (C=O) groups excluding carboxylic acids is 1. The lowest BCUT2D eigenvalue weighted by Crippen LogP contribution is -2.31. The van der Waals surface area contributed by atoms with Crippen molar-refractivity contribution >= 4 is 29.5 Å². The maximum absolute atomic E-state index is 12.0. The van der Waals surface area contributed by atoms with Crippen molar-refractivity contribution in [1.29, 1.82) is 0 Å². The molecule has 0 saturated heterocycles. The van der Waals surface area contributed by atoms with Gasteiger partial charge in [-0.1, -0.05) is 0 Å². The minimum atomic E-state index is 0. The summed E-state index contributed by atoms with van der Waals surface area (Å²) in [5.41, 5.74) is 0.980. The lowest BCUT2D eigenvalue weighted by molar-refractivity contribution is 0.0879. The first-order chi connectivity index (χ1) is 6.68. The zero-order valence-electron chi connectivity index (χ0n) is 9.03. The Morgan fingerprint density at radius 1 is 1.53 bits per heavy atom. The monoisotopic (exact) mass is 245 g/mol. The van der Waals surface area contributed by atoms with Gasteiger partial charge in [-0.2, -0.15) is 0 Å². The Hall–Kier alpha value is -0.380. The number of halogens is 1. The predicted octanol–water partition coefficient (Wildman–Crippen LogP) is 2.48. The summed E-state index contributed by atoms with van der Waals surface area (Å²) in [4.78, 5) is 15.4. The highest BCUT2D eigenvalue weighted by atomic mass is 35.5. The molecule has 0 spiro atoms. The largest absolute Gasteiger partial charge is 0.309 e. The zero-order chi connectivity index (χ0) is 10.1. The molecule has 0 radical (unpaired) electrons. The van der Waals surface area contributed by atoms with Crippen LogP contribution in [0.5, 0.6) is 0 Å². The molecule has 0 bridgehead atoms. The molecule has 0 aliphatic heterocycles. The van der Waals surface area contributed by atoms with Crippen LogP contribution in [0, 0.1) is 5.92 Å². The number of hydrogen-bond donors (Lipinski definition) is 0. The molecule has 1 aliphatic rings. The molecule has 1 aliphatic carbocycles. The van der Waals surface area contributed by atoms with E-state index in [2.05, 4.69) is 4.90 Å². The van der Waals surface area contributed by atoms with Gasteiger partial charge in [0, 0.05) is 22.9 Å². The van der Waals surface area contributed by atoms with Gasteiger partial charge in [-0.05, 0) is 38.4 Å². The van der Waals surface area contributed by atoms with E-state index in [0.717, 1.165) is 24.9 Å². The van der Waals surface area contributed by atoms with Gasteiger partial charge in [0.2, 0.25) is 0 Å². The highest BCUT2D eigenvalue weighted by Gasteiger charge is 2.28. The van der Waals surface area contributed by atoms with Gasteiger partial charge in [-0.3, -0.25) is 4.79 Å². The summed E-state index contributed by atoms with van der Waals surface area (Å²) in [6, 6.07) is 1.98. The van der Waals surface area contributed by atoms with E-state index >= 15 is 0 Å². The number of aryl methyl sites for hydroxylation is 1. The molecular formula is C11H16ClNOS. The molecule has 2 nitrogen and oxygen atoms in total. The topological polar surface area (TPSA) is 20.3 Å². The number of carbonyl (C=O) groups is 1. The van der Waals surface area contributed by atoms with Crippen molar-refractivity contribution < 1.29 is 4.79 Å². The Morgan fingerprint density at radius 3 is 2.93 bits per heavy atom. The second-order valence-corrected chi connectivity index (χ2v) is 5.12. The van der Waals surface area contributed by atoms with E-state index in [0.29, 0.717) is 5.78 Å². The van der Waals surface area contributed by atoms with Crippen LogP contribution < -0.4 is 0 Å². The second kappa shape index (κ2) is 5.10. The maximum atomic E-state index is 12.0. The summed E-state index contributed by atoms with van der Waals surface area (Å²) < 4.78 is 0. The molecule has 0 amide bonds. The lowest BCUT2D eigenvalue weighted by atomic mass is 9.87. The SMILES string of the molecule is CN(C)CC1CCc2sccc2C1=O.Cl. The molecule has 15 heavy (non-hydrogen) atoms. The van der Waals surface area contributed by atoms with Crippen LogP contribution in [-0.2, 0) is 6.42 Å². The summed E-state index contributed by atoms with van der Waals surface area (Å²) in [5.74, 6) is 0.563. The Balaban J connectivity index is 0.00000112. The van der Waals surface area contributed by atoms with Crippen LogP contribution in [0.4, 0.5) is 0 Å². The van der Waals surface area contributed by atoms with Gasteiger partial charge in [0.05, 0.1) is 0 Å². The van der Waals surface area contributed by atoms with Crippen molar-refractivity contribution in [1.82, 2.24) is 4.90 Å². The average Bonchev–Trinajstić information content (AvgIpc) is 2.57. The summed E-state index contributed by atoms with van der Waals surface area (Å²) in [7, 11) is 4.05. The molecule has 1 aromatic rings. The van der Waals surface area contributed by atoms with Gasteiger partial charge in [-0.15, -0.1) is 23.7 Å². The van der Waals surface area contributed by atoms with E-state index in [9.17, 15) is 4.79 Å². The average molecular weight is 246 g/mol. The number of rotatable bonds is 2. The molecule has 0 N–H and O–H groups in total. The van der Waals surface area contributed by atoms with Crippen LogP contribution in [0.2, 0.25) is 0 Å². The van der Waals surface area contributed by atoms with Crippen LogP contribution in [0.3, 0.4) is 0 Å². The van der Waals surface area contributed by atoms with E-state index in [1.54, 1.807) is 11.3 Å². The summed E-state index contributed by atoms with van der Waals surface area (Å²) in [6.45, 7) is 0.883. The van der Waals surface area contributed by atoms with E-state index < -0.39 is 0 Å². The fourth-order valence-electron chi connectivity index (χ4n) is 2.03. The second-order valence-electron chi connectivity index (χ2n) is 4.12. The van der Waals surface area contributed by atoms with E-state index in [-0.39, 0.29) is 18.3 Å². The Labute approximate surface area is 101 Å². The van der Waals surface area contributed by atoms with Gasteiger partial charge in [-0.25, -0.2) is 0 Å². The first kappa shape index (κ1) is 12.7. The minimum absolute atomic E-state index is 0. The first-order valence-corrected chi connectivity index (χ1v) is 5.81. The van der Waals surface area contributed by atoms with Gasteiger partial charge >= 0.3 is 0 Å². The van der Waals surface area contributed by atoms with E-state index in [1.807, 2.05) is 25.5 Å². The van der Waals surface area contributed by atoms with Gasteiger partial charge in [0.25, 0.3) is 0 Å². The van der Waals surface area contributed by atoms with Crippen LogP contribution >= 0.6 is 23.7 Å². The Bertz CT molecular complexity index is 348. The van der Waals surface area contributed by atoms with Crippen LogP contribution in [-0.4, -0.2) is 31.3 Å². The van der Waals surface area contributed by atoms with Crippen molar-refractivity contribution in [3.05, 3.63) is 21.9 Å². The molecule has 1 aromatic heterocycles. The molecule has 0 saturated carbocycles. The molecule has 84 valence electrons. The quantitative estimate of drug-likeness (QED) is 0.798. The van der Waals surface area contributed by atoms with Gasteiger partial charge < -0.3 is 4.90 Å². The highest BCUT2D eigenvalue weighted by Crippen LogP contribution is 2.29. The number of fused-ring (bicyclic) bond motifs is 1. The Kier molecular flexibility index (Phi) is 4.32. The summed E-state index contributed by atoms with van der Waals surface area (Å²) in [5, 5.41) is 2.03. The van der Waals surface area contributed by atoms with Crippen LogP contribution in [0.25, 0.3) is 0 Å². The standard InChI is InChI=1S/C11H15NOS.ClH/c1-12(2)7-8-3-4-10-9(11(8)13)5-6-14-10;/h5-6,8H,3-4,7H2,1-2H3;1H. The molecular weight excluding hydrogens is 230 g/mol. The Morgan fingerprint density at radius 2 is 2.27 bits per heavy atom. The van der Waals surface area contributed by atoms with Crippen LogP contribution in [0.1, 0.15) is 21.7 Å². The lowest BCUT2D eigenvalue weighted by Gasteiger charge is -2.23. The minimum Gasteiger partial charge on any atom is -0.309 e. The van der Waals surface area contributed by atoms with Gasteiger partial charge in [0.1, 0.15) is 0 Å². The van der Waals surface area contributed by atoms with Crippen molar-refractivity contribution in [3.63, 3.8) is 0 Å². The smallest absolute Gasteiger partial charge is 0.168 e. The number of nitrogens with zero attached hydrogens (tertiary/aromatic N) is 1. The fourth-order valence-corrected chi connectivity index (χ4v) is 2.92. The molecule has 4 heteroatoms. The number of Topliss-reactive ketones (excluding diaryl/α,β-unsaturated/α-hetero) is 1. The van der Waals surface area contributed by atoms with Crippen LogP contribution in [0.15, 0.2) is 11.4 Å². The van der Waals surface area contributed by atoms with Crippen molar-refractivity contribution in [2.24, 2.45) is 5.92 Å². The third-order valence-corrected chi connectivity index (χ3v) is 3.67. The van der Waals surface area contributed by atoms with Crippen molar-refractivity contribution in [2.45, 2.75) is 12.8 Å². The molecule has 0 fully saturated rings. The molecule has 1 unspecified atom stereocenters. The predicted molar refractivity (Wildman–Crippen MR) is 66.3 cm³/mol. The van der Waals surface area contributed by atoms with E-state index in [4.69, 9.17) is 0 Å². The molecule has 2 rings (SSSR count). The maximum Gasteiger partial charge on any atom is 0.168 e. The third-order valence-electron chi connectivity index (χ3n) is 2.69. The number of hydrogen-bond acceptors (Lipinski definition) is 3. The number of thiophene rings is 1. The van der Waals surface area contributed by atoms with E-state index in [1.165, 1.54) is 4.88 Å². The molecule has 1 heterocycles. The molecule has 1 atom stereocenters. The van der Waals surface area contributed by atoms with Gasteiger partial charge in [0.15, 0.2) is 5.78 Å².